The number of hydrogen-bond acceptors (Lipinski definition) is 3. The molecule has 0 aromatic rings. The Morgan fingerprint density at radius 1 is 1.15 bits per heavy atom. The third kappa shape index (κ3) is 8.99. The van der Waals surface area contributed by atoms with Gasteiger partial charge in [-0.3, -0.25) is 4.79 Å². The van der Waals surface area contributed by atoms with Crippen LogP contribution in [-0.2, 0) is 9.59 Å². The van der Waals surface area contributed by atoms with Crippen LogP contribution >= 0.6 is 0 Å². The highest BCUT2D eigenvalue weighted by Gasteiger charge is 2.27. The van der Waals surface area contributed by atoms with Gasteiger partial charge in [-0.15, -0.1) is 0 Å². The summed E-state index contributed by atoms with van der Waals surface area (Å²) in [5.41, 5.74) is 8.34. The van der Waals surface area contributed by atoms with Crippen molar-refractivity contribution in [2.75, 3.05) is 6.54 Å². The molecule has 3 N–H and O–H groups in total. The van der Waals surface area contributed by atoms with E-state index in [9.17, 15) is 14.7 Å². The highest BCUT2D eigenvalue weighted by atomic mass is 16.4. The SMILES string of the molecule is C=CC(=C)C=CC=C(C)C=CC=C(C)CN(C(=O)[C@H](C)N)[C@@H](C)C(=O)O. The Kier molecular flexibility index (Phi) is 10.6. The molecule has 0 aromatic carbocycles. The molecule has 5 heteroatoms. The summed E-state index contributed by atoms with van der Waals surface area (Å²) in [5, 5.41) is 9.19. The van der Waals surface area contributed by atoms with Crippen molar-refractivity contribution in [3.63, 3.8) is 0 Å². The predicted molar refractivity (Wildman–Crippen MR) is 108 cm³/mol. The Morgan fingerprint density at radius 3 is 2.23 bits per heavy atom. The smallest absolute Gasteiger partial charge is 0.326 e. The molecule has 0 heterocycles. The lowest BCUT2D eigenvalue weighted by molar-refractivity contribution is -0.149. The van der Waals surface area contributed by atoms with E-state index in [2.05, 4.69) is 13.2 Å². The predicted octanol–water partition coefficient (Wildman–Crippen LogP) is 3.38. The first-order valence-electron chi connectivity index (χ1n) is 8.39. The van der Waals surface area contributed by atoms with Gasteiger partial charge in [-0.1, -0.05) is 66.8 Å². The minimum atomic E-state index is -1.06. The second kappa shape index (κ2) is 11.8. The van der Waals surface area contributed by atoms with Crippen LogP contribution in [0.5, 0.6) is 0 Å². The summed E-state index contributed by atoms with van der Waals surface area (Å²) in [5.74, 6) is -1.45. The summed E-state index contributed by atoms with van der Waals surface area (Å²) >= 11 is 0. The average molecular weight is 358 g/mol. The van der Waals surface area contributed by atoms with E-state index in [1.807, 2.05) is 50.3 Å². The third-order valence-electron chi connectivity index (χ3n) is 3.59. The number of nitrogens with two attached hydrogens (primary N) is 1. The van der Waals surface area contributed by atoms with Crippen LogP contribution in [0.15, 0.2) is 72.4 Å². The van der Waals surface area contributed by atoms with E-state index in [0.717, 1.165) is 16.7 Å². The number of carboxylic acids is 1. The number of hydrogen-bond donors (Lipinski definition) is 2. The molecule has 0 aliphatic carbocycles. The molecule has 0 bridgehead atoms. The van der Waals surface area contributed by atoms with Crippen molar-refractivity contribution in [2.24, 2.45) is 5.73 Å². The Bertz CT molecular complexity index is 652. The maximum absolute atomic E-state index is 12.2. The molecule has 5 nitrogen and oxygen atoms in total. The number of carbonyl (C=O) groups excluding carboxylic acids is 1. The van der Waals surface area contributed by atoms with Gasteiger partial charge in [0.2, 0.25) is 5.91 Å². The van der Waals surface area contributed by atoms with Crippen molar-refractivity contribution in [1.82, 2.24) is 4.90 Å². The first-order chi connectivity index (χ1) is 12.1. The van der Waals surface area contributed by atoms with Crippen molar-refractivity contribution < 1.29 is 14.7 Å². The van der Waals surface area contributed by atoms with Gasteiger partial charge in [-0.2, -0.15) is 0 Å². The quantitative estimate of drug-likeness (QED) is 0.586. The van der Waals surface area contributed by atoms with Gasteiger partial charge in [0.1, 0.15) is 6.04 Å². The molecule has 142 valence electrons. The monoisotopic (exact) mass is 358 g/mol. The minimum Gasteiger partial charge on any atom is -0.480 e. The zero-order chi connectivity index (χ0) is 20.3. The van der Waals surface area contributed by atoms with Crippen molar-refractivity contribution in [3.8, 4) is 0 Å². The molecule has 26 heavy (non-hydrogen) atoms. The molecule has 0 rings (SSSR count). The normalized spacial score (nSPS) is 15.1. The topological polar surface area (TPSA) is 83.6 Å². The lowest BCUT2D eigenvalue weighted by atomic mass is 10.1. The summed E-state index contributed by atoms with van der Waals surface area (Å²) in [4.78, 5) is 24.7. The molecule has 0 spiro atoms. The first-order valence-corrected chi connectivity index (χ1v) is 8.39. The number of carbonyl (C=O) groups is 2. The second-order valence-electron chi connectivity index (χ2n) is 6.19. The zero-order valence-electron chi connectivity index (χ0n) is 16.1. The molecule has 0 aliphatic rings. The largest absolute Gasteiger partial charge is 0.480 e. The number of carboxylic acid groups (broad SMARTS) is 1. The van der Waals surface area contributed by atoms with E-state index in [1.54, 1.807) is 13.0 Å². The molecule has 0 aromatic heterocycles. The molecule has 1 amide bonds. The third-order valence-corrected chi connectivity index (χ3v) is 3.59. The fraction of sp³-hybridized carbons (Fsp3) is 0.333. The van der Waals surface area contributed by atoms with E-state index in [0.29, 0.717) is 0 Å². The van der Waals surface area contributed by atoms with Gasteiger partial charge < -0.3 is 15.7 Å². The van der Waals surface area contributed by atoms with Crippen molar-refractivity contribution in [2.45, 2.75) is 39.8 Å². The van der Waals surface area contributed by atoms with Crippen LogP contribution in [0.4, 0.5) is 0 Å². The van der Waals surface area contributed by atoms with Crippen LogP contribution < -0.4 is 5.73 Å². The molecule has 0 aliphatic heterocycles. The zero-order valence-corrected chi connectivity index (χ0v) is 16.1. The summed E-state index contributed by atoms with van der Waals surface area (Å²) in [7, 11) is 0. The van der Waals surface area contributed by atoms with Crippen LogP contribution in [0.2, 0.25) is 0 Å². The van der Waals surface area contributed by atoms with E-state index in [4.69, 9.17) is 5.73 Å². The number of nitrogens with zero attached hydrogens (tertiary/aromatic N) is 1. The Morgan fingerprint density at radius 2 is 1.73 bits per heavy atom. The Labute approximate surface area is 156 Å². The van der Waals surface area contributed by atoms with Gasteiger partial charge in [-0.05, 0) is 33.3 Å². The highest BCUT2D eigenvalue weighted by molar-refractivity contribution is 5.86. The van der Waals surface area contributed by atoms with Crippen LogP contribution in [0, 0.1) is 0 Å². The number of rotatable bonds is 10. The second-order valence-corrected chi connectivity index (χ2v) is 6.19. The molecule has 0 saturated carbocycles. The lowest BCUT2D eigenvalue weighted by Crippen LogP contribution is -2.50. The van der Waals surface area contributed by atoms with Crippen LogP contribution in [-0.4, -0.2) is 40.5 Å². The summed E-state index contributed by atoms with van der Waals surface area (Å²) in [6.45, 7) is 14.5. The van der Waals surface area contributed by atoms with Gasteiger partial charge in [0.15, 0.2) is 0 Å². The number of amides is 1. The summed E-state index contributed by atoms with van der Waals surface area (Å²) < 4.78 is 0. The highest BCUT2D eigenvalue weighted by Crippen LogP contribution is 2.08. The molecular weight excluding hydrogens is 328 g/mol. The average Bonchev–Trinajstić information content (AvgIpc) is 2.57. The van der Waals surface area contributed by atoms with Gasteiger partial charge in [0.25, 0.3) is 0 Å². The maximum atomic E-state index is 12.2. The Hall–Kier alpha value is -2.66. The fourth-order valence-electron chi connectivity index (χ4n) is 1.93. The first kappa shape index (κ1) is 23.3. The molecule has 2 atom stereocenters. The number of allylic oxidation sites excluding steroid dienone is 9. The van der Waals surface area contributed by atoms with Crippen LogP contribution in [0.1, 0.15) is 27.7 Å². The fourth-order valence-corrected chi connectivity index (χ4v) is 1.93. The van der Waals surface area contributed by atoms with E-state index < -0.39 is 18.1 Å². The van der Waals surface area contributed by atoms with Crippen LogP contribution in [0.3, 0.4) is 0 Å². The standard InChI is InChI=1S/C21H30N2O3/c1-7-15(2)10-8-11-16(3)12-9-13-17(4)14-23(19(6)21(25)26)20(24)18(5)22/h7-13,18-19H,1-2,14,22H2,3-6H3,(H,25,26)/t18-,19-/m0/s1. The van der Waals surface area contributed by atoms with Gasteiger partial charge in [0.05, 0.1) is 6.04 Å². The summed E-state index contributed by atoms with van der Waals surface area (Å²) in [6.07, 6.45) is 13.0. The molecule has 0 radical (unpaired) electrons. The van der Waals surface area contributed by atoms with Crippen LogP contribution in [0.25, 0.3) is 0 Å². The van der Waals surface area contributed by atoms with Crippen molar-refractivity contribution in [3.05, 3.63) is 72.4 Å². The summed E-state index contributed by atoms with van der Waals surface area (Å²) in [6, 6.07) is -1.69. The van der Waals surface area contributed by atoms with Crippen molar-refractivity contribution >= 4 is 11.9 Å². The maximum Gasteiger partial charge on any atom is 0.326 e. The number of aliphatic carboxylic acids is 1. The molecule has 0 unspecified atom stereocenters. The minimum absolute atomic E-state index is 0.208. The lowest BCUT2D eigenvalue weighted by Gasteiger charge is -2.28. The molecule has 0 saturated heterocycles. The van der Waals surface area contributed by atoms with Crippen molar-refractivity contribution in [1.29, 1.82) is 0 Å². The van der Waals surface area contributed by atoms with E-state index >= 15 is 0 Å². The van der Waals surface area contributed by atoms with E-state index in [1.165, 1.54) is 11.8 Å². The molecule has 0 fully saturated rings. The van der Waals surface area contributed by atoms with E-state index in [-0.39, 0.29) is 12.5 Å². The molecular formula is C21H30N2O3. The Balaban J connectivity index is 5.05. The van der Waals surface area contributed by atoms with Gasteiger partial charge in [-0.25, -0.2) is 4.79 Å². The van der Waals surface area contributed by atoms with Gasteiger partial charge in [0, 0.05) is 6.54 Å². The van der Waals surface area contributed by atoms with Gasteiger partial charge >= 0.3 is 5.97 Å².